The summed E-state index contributed by atoms with van der Waals surface area (Å²) in [5.41, 5.74) is 4.03. The first kappa shape index (κ1) is 18.8. The monoisotopic (exact) mass is 426 g/mol. The highest BCUT2D eigenvalue weighted by Gasteiger charge is 2.34. The second kappa shape index (κ2) is 6.66. The lowest BCUT2D eigenvalue weighted by Crippen LogP contribution is -2.31. The summed E-state index contributed by atoms with van der Waals surface area (Å²) in [6.45, 7) is 2.52. The molecular formula is C21H19FN4O3S. The van der Waals surface area contributed by atoms with E-state index in [0.717, 1.165) is 35.2 Å². The average Bonchev–Trinajstić information content (AvgIpc) is 3.29. The molecule has 0 fully saturated rings. The molecule has 0 radical (unpaired) electrons. The van der Waals surface area contributed by atoms with Gasteiger partial charge in [-0.3, -0.25) is 14.6 Å². The molecule has 0 aliphatic carbocycles. The van der Waals surface area contributed by atoms with Crippen LogP contribution in [0.5, 0.6) is 0 Å². The summed E-state index contributed by atoms with van der Waals surface area (Å²) in [5.74, 6) is -0.353. The third-order valence-electron chi connectivity index (χ3n) is 5.52. The number of hydrogen-bond donors (Lipinski definition) is 2. The van der Waals surface area contributed by atoms with Crippen LogP contribution in [0.1, 0.15) is 23.1 Å². The summed E-state index contributed by atoms with van der Waals surface area (Å²) in [5, 5.41) is 6.66. The molecule has 2 aromatic carbocycles. The molecule has 0 atom stereocenters. The second-order valence-corrected chi connectivity index (χ2v) is 9.35. The lowest BCUT2D eigenvalue weighted by molar-refractivity contribution is -0.117. The summed E-state index contributed by atoms with van der Waals surface area (Å²) < 4.78 is 42.5. The summed E-state index contributed by atoms with van der Waals surface area (Å²) in [4.78, 5) is 14.0. The third kappa shape index (κ3) is 3.06. The van der Waals surface area contributed by atoms with Gasteiger partial charge in [0.05, 0.1) is 22.7 Å². The molecule has 1 aromatic heterocycles. The number of carbonyl (C=O) groups excluding carboxylic acids is 1. The highest BCUT2D eigenvalue weighted by atomic mass is 32.2. The van der Waals surface area contributed by atoms with Crippen molar-refractivity contribution in [3.05, 3.63) is 58.9 Å². The van der Waals surface area contributed by atoms with E-state index in [1.54, 1.807) is 29.2 Å². The van der Waals surface area contributed by atoms with Crippen molar-refractivity contribution < 1.29 is 17.6 Å². The van der Waals surface area contributed by atoms with Gasteiger partial charge in [-0.2, -0.15) is 5.10 Å². The van der Waals surface area contributed by atoms with Crippen molar-refractivity contribution in [1.82, 2.24) is 10.2 Å². The van der Waals surface area contributed by atoms with E-state index in [4.69, 9.17) is 0 Å². The number of carbonyl (C=O) groups is 1. The van der Waals surface area contributed by atoms with Crippen molar-refractivity contribution in [3.63, 3.8) is 0 Å². The summed E-state index contributed by atoms with van der Waals surface area (Å²) in [7, 11) is -3.92. The smallest absolute Gasteiger partial charge is 0.263 e. The number of nitrogens with one attached hydrogen (secondary N) is 2. The first-order chi connectivity index (χ1) is 14.3. The quantitative estimate of drug-likeness (QED) is 0.670. The van der Waals surface area contributed by atoms with E-state index in [9.17, 15) is 17.6 Å². The molecule has 0 spiro atoms. The fourth-order valence-electron chi connectivity index (χ4n) is 4.16. The van der Waals surface area contributed by atoms with Crippen molar-refractivity contribution >= 4 is 27.4 Å². The molecule has 154 valence electrons. The first-order valence-electron chi connectivity index (χ1n) is 9.63. The highest BCUT2D eigenvalue weighted by Crippen LogP contribution is 2.38. The van der Waals surface area contributed by atoms with E-state index >= 15 is 0 Å². The van der Waals surface area contributed by atoms with Crippen molar-refractivity contribution in [2.75, 3.05) is 16.2 Å². The standard InChI is InChI=1S/C21H19FN4O3S/c1-12-4-5-17(22)16(7-12)18-11-19(24-23-18)25-30(28,29)15-8-13-3-2-6-26-20(27)10-14(9-15)21(13)26/h4-5,7-9,11H,2-3,6,10H2,1H3,(H2,23,24,25). The zero-order chi connectivity index (χ0) is 21.0. The number of anilines is 2. The lowest BCUT2D eigenvalue weighted by atomic mass is 10.0. The van der Waals surface area contributed by atoms with Crippen LogP contribution in [0.4, 0.5) is 15.9 Å². The van der Waals surface area contributed by atoms with E-state index in [0.29, 0.717) is 17.8 Å². The van der Waals surface area contributed by atoms with E-state index < -0.39 is 15.8 Å². The number of rotatable bonds is 4. The molecule has 0 unspecified atom stereocenters. The van der Waals surface area contributed by atoms with Gasteiger partial charge in [0.1, 0.15) is 5.82 Å². The number of halogens is 1. The maximum Gasteiger partial charge on any atom is 0.263 e. The molecule has 7 nitrogen and oxygen atoms in total. The van der Waals surface area contributed by atoms with Gasteiger partial charge in [-0.1, -0.05) is 11.6 Å². The van der Waals surface area contributed by atoms with Gasteiger partial charge >= 0.3 is 0 Å². The molecule has 3 aromatic rings. The van der Waals surface area contributed by atoms with E-state index in [1.807, 2.05) is 6.92 Å². The molecule has 3 heterocycles. The van der Waals surface area contributed by atoms with Crippen LogP contribution in [0.2, 0.25) is 0 Å². The number of aryl methyl sites for hydroxylation is 2. The molecule has 1 amide bonds. The Morgan fingerprint density at radius 3 is 2.80 bits per heavy atom. The number of benzene rings is 2. The largest absolute Gasteiger partial charge is 0.312 e. The topological polar surface area (TPSA) is 95.2 Å². The van der Waals surface area contributed by atoms with Gasteiger partial charge in [0.25, 0.3) is 10.0 Å². The number of aromatic nitrogens is 2. The number of nitrogens with zero attached hydrogens (tertiary/aromatic N) is 2. The Kier molecular flexibility index (Phi) is 4.18. The summed E-state index contributed by atoms with van der Waals surface area (Å²) in [6.07, 6.45) is 1.75. The number of aromatic amines is 1. The van der Waals surface area contributed by atoms with Crippen molar-refractivity contribution in [3.8, 4) is 11.3 Å². The Hall–Kier alpha value is -3.20. The third-order valence-corrected chi connectivity index (χ3v) is 6.86. The Morgan fingerprint density at radius 2 is 1.97 bits per heavy atom. The van der Waals surface area contributed by atoms with E-state index in [-0.39, 0.29) is 23.0 Å². The predicted molar refractivity (Wildman–Crippen MR) is 110 cm³/mol. The van der Waals surface area contributed by atoms with Gasteiger partial charge < -0.3 is 4.90 Å². The van der Waals surface area contributed by atoms with Crippen molar-refractivity contribution in [1.29, 1.82) is 0 Å². The summed E-state index contributed by atoms with van der Waals surface area (Å²) in [6, 6.07) is 9.31. The van der Waals surface area contributed by atoms with Gasteiger partial charge in [0.2, 0.25) is 5.91 Å². The number of sulfonamides is 1. The predicted octanol–water partition coefficient (Wildman–Crippen LogP) is 3.16. The van der Waals surface area contributed by atoms with Gasteiger partial charge in [0.15, 0.2) is 5.82 Å². The summed E-state index contributed by atoms with van der Waals surface area (Å²) >= 11 is 0. The van der Waals surface area contributed by atoms with Crippen LogP contribution in [-0.4, -0.2) is 31.1 Å². The number of H-pyrrole nitrogens is 1. The average molecular weight is 426 g/mol. The van der Waals surface area contributed by atoms with Crippen LogP contribution >= 0.6 is 0 Å². The van der Waals surface area contributed by atoms with Crippen molar-refractivity contribution in [2.45, 2.75) is 31.1 Å². The Balaban J connectivity index is 1.47. The van der Waals surface area contributed by atoms with Gasteiger partial charge in [-0.25, -0.2) is 12.8 Å². The van der Waals surface area contributed by atoms with Crippen LogP contribution in [-0.2, 0) is 27.7 Å². The van der Waals surface area contributed by atoms with Crippen molar-refractivity contribution in [2.24, 2.45) is 0 Å². The maximum atomic E-state index is 14.1. The minimum atomic E-state index is -3.92. The Labute approximate surface area is 173 Å². The van der Waals surface area contributed by atoms with E-state index in [1.165, 1.54) is 12.1 Å². The van der Waals surface area contributed by atoms with Crippen LogP contribution in [0.25, 0.3) is 11.3 Å². The molecule has 2 aliphatic heterocycles. The lowest BCUT2D eigenvalue weighted by Gasteiger charge is -2.25. The number of amides is 1. The van der Waals surface area contributed by atoms with Crippen LogP contribution < -0.4 is 9.62 Å². The van der Waals surface area contributed by atoms with E-state index in [2.05, 4.69) is 14.9 Å². The molecule has 0 saturated heterocycles. The highest BCUT2D eigenvalue weighted by molar-refractivity contribution is 7.92. The van der Waals surface area contributed by atoms with Crippen LogP contribution in [0.3, 0.4) is 0 Å². The number of hydrogen-bond acceptors (Lipinski definition) is 4. The molecule has 2 aliphatic rings. The fourth-order valence-corrected chi connectivity index (χ4v) is 5.25. The maximum absolute atomic E-state index is 14.1. The normalized spacial score (nSPS) is 15.4. The minimum absolute atomic E-state index is 0.00517. The molecule has 0 bridgehead atoms. The Bertz CT molecular complexity index is 1300. The second-order valence-electron chi connectivity index (χ2n) is 7.67. The molecule has 30 heavy (non-hydrogen) atoms. The van der Waals surface area contributed by atoms with Gasteiger partial charge in [0, 0.05) is 18.2 Å². The molecule has 0 saturated carbocycles. The zero-order valence-corrected chi connectivity index (χ0v) is 17.0. The molecule has 9 heteroatoms. The molecule has 5 rings (SSSR count). The zero-order valence-electron chi connectivity index (χ0n) is 16.2. The minimum Gasteiger partial charge on any atom is -0.312 e. The fraction of sp³-hybridized carbons (Fsp3) is 0.238. The Morgan fingerprint density at radius 1 is 1.17 bits per heavy atom. The SMILES string of the molecule is Cc1ccc(F)c(-c2cc(NS(=O)(=O)c3cc4c5c(c3)CC(=O)N5CCC4)n[nH]2)c1. The first-order valence-corrected chi connectivity index (χ1v) is 11.1. The molecule has 2 N–H and O–H groups in total. The van der Waals surface area contributed by atoms with Gasteiger partial charge in [-0.15, -0.1) is 0 Å². The van der Waals surface area contributed by atoms with Gasteiger partial charge in [-0.05, 0) is 55.2 Å². The molecular weight excluding hydrogens is 407 g/mol. The van der Waals surface area contributed by atoms with Crippen LogP contribution in [0, 0.1) is 12.7 Å². The van der Waals surface area contributed by atoms with Crippen LogP contribution in [0.15, 0.2) is 41.3 Å².